The van der Waals surface area contributed by atoms with Crippen LogP contribution < -0.4 is 4.74 Å². The molecule has 2 heteroatoms. The van der Waals surface area contributed by atoms with E-state index in [-0.39, 0.29) is 5.41 Å². The number of fused-ring (bicyclic) bond motifs is 4. The summed E-state index contributed by atoms with van der Waals surface area (Å²) < 4.78 is 5.37. The molecule has 0 unspecified atom stereocenters. The molecule has 0 heterocycles. The molecule has 3 aliphatic carbocycles. The molecule has 0 aromatic heterocycles. The summed E-state index contributed by atoms with van der Waals surface area (Å²) in [5.74, 6) is 1.96. The van der Waals surface area contributed by atoms with Gasteiger partial charge in [-0.05, 0) is 73.3 Å². The number of aryl methyl sites for hydroxylation is 1. The Morgan fingerprint density at radius 2 is 2.05 bits per heavy atom. The number of hydrogen-bond acceptors (Lipinski definition) is 2. The normalized spacial score (nSPS) is 30.5. The predicted octanol–water partition coefficient (Wildman–Crippen LogP) is 4.56. The molecule has 2 atom stereocenters. The lowest BCUT2D eigenvalue weighted by molar-refractivity contribution is -0.133. The monoisotopic (exact) mass is 296 g/mol. The van der Waals surface area contributed by atoms with Gasteiger partial charge in [-0.1, -0.05) is 18.6 Å². The lowest BCUT2D eigenvalue weighted by atomic mass is 9.56. The Balaban J connectivity index is 1.80. The fourth-order valence-corrected chi connectivity index (χ4v) is 4.99. The van der Waals surface area contributed by atoms with Crippen molar-refractivity contribution >= 4 is 11.4 Å². The van der Waals surface area contributed by atoms with Gasteiger partial charge in [0.2, 0.25) is 0 Å². The molecule has 0 spiro atoms. The highest BCUT2D eigenvalue weighted by molar-refractivity contribution is 5.88. The maximum atomic E-state index is 12.5. The van der Waals surface area contributed by atoms with Crippen molar-refractivity contribution in [1.82, 2.24) is 0 Å². The van der Waals surface area contributed by atoms with E-state index in [0.717, 1.165) is 44.3 Å². The SMILES string of the molecule is COc1ccc2c(c1)CCC1=C2CC[C@@]2(C)C(=O)CCC[C@@H]12. The van der Waals surface area contributed by atoms with Crippen molar-refractivity contribution in [2.24, 2.45) is 11.3 Å². The summed E-state index contributed by atoms with van der Waals surface area (Å²) in [5, 5.41) is 0. The first-order valence-electron chi connectivity index (χ1n) is 8.56. The largest absolute Gasteiger partial charge is 0.497 e. The quantitative estimate of drug-likeness (QED) is 0.759. The zero-order chi connectivity index (χ0) is 15.3. The molecule has 0 aliphatic heterocycles. The number of carbonyl (C=O) groups excluding carboxylic acids is 1. The highest BCUT2D eigenvalue weighted by Crippen LogP contribution is 2.55. The number of allylic oxidation sites excluding steroid dienone is 2. The molecule has 1 aromatic carbocycles. The van der Waals surface area contributed by atoms with E-state index in [1.807, 2.05) is 0 Å². The standard InChI is InChI=1S/C20H24O2/c1-20-11-10-16-15-9-7-14(22-2)12-13(15)6-8-17(16)18(20)4-3-5-19(20)21/h7,9,12,18H,3-6,8,10-11H2,1-2H3/t18-,20+/m0/s1. The number of benzene rings is 1. The Hall–Kier alpha value is -1.57. The first-order chi connectivity index (χ1) is 10.6. The number of ketones is 1. The lowest BCUT2D eigenvalue weighted by Gasteiger charge is -2.47. The molecule has 116 valence electrons. The van der Waals surface area contributed by atoms with E-state index in [9.17, 15) is 4.79 Å². The van der Waals surface area contributed by atoms with Crippen LogP contribution in [0.25, 0.3) is 5.57 Å². The molecule has 2 nitrogen and oxygen atoms in total. The van der Waals surface area contributed by atoms with Crippen LogP contribution in [0.4, 0.5) is 0 Å². The van der Waals surface area contributed by atoms with Gasteiger partial charge in [0.1, 0.15) is 11.5 Å². The van der Waals surface area contributed by atoms with Gasteiger partial charge in [-0.15, -0.1) is 0 Å². The van der Waals surface area contributed by atoms with Gasteiger partial charge in [-0.2, -0.15) is 0 Å². The summed E-state index contributed by atoms with van der Waals surface area (Å²) in [7, 11) is 1.73. The van der Waals surface area contributed by atoms with E-state index >= 15 is 0 Å². The van der Waals surface area contributed by atoms with Crippen LogP contribution in [0, 0.1) is 11.3 Å². The summed E-state index contributed by atoms with van der Waals surface area (Å²) >= 11 is 0. The Bertz CT molecular complexity index is 670. The van der Waals surface area contributed by atoms with Crippen molar-refractivity contribution in [2.75, 3.05) is 7.11 Å². The molecule has 0 amide bonds. The van der Waals surface area contributed by atoms with E-state index < -0.39 is 0 Å². The molecule has 22 heavy (non-hydrogen) atoms. The van der Waals surface area contributed by atoms with Crippen LogP contribution in [0.1, 0.15) is 56.6 Å². The van der Waals surface area contributed by atoms with Gasteiger partial charge in [0.25, 0.3) is 0 Å². The summed E-state index contributed by atoms with van der Waals surface area (Å²) in [6.45, 7) is 2.23. The number of rotatable bonds is 1. The van der Waals surface area contributed by atoms with Crippen LogP contribution in [-0.2, 0) is 11.2 Å². The van der Waals surface area contributed by atoms with Crippen molar-refractivity contribution in [1.29, 1.82) is 0 Å². The number of Topliss-reactive ketones (excluding diaryl/α,β-unsaturated/α-hetero) is 1. The van der Waals surface area contributed by atoms with Crippen LogP contribution >= 0.6 is 0 Å². The van der Waals surface area contributed by atoms with E-state index in [0.29, 0.717) is 11.7 Å². The zero-order valence-electron chi connectivity index (χ0n) is 13.6. The molecule has 0 N–H and O–H groups in total. The van der Waals surface area contributed by atoms with Crippen LogP contribution in [0.5, 0.6) is 5.75 Å². The van der Waals surface area contributed by atoms with Gasteiger partial charge < -0.3 is 4.74 Å². The Morgan fingerprint density at radius 1 is 1.18 bits per heavy atom. The van der Waals surface area contributed by atoms with Crippen LogP contribution in [0.2, 0.25) is 0 Å². The zero-order valence-corrected chi connectivity index (χ0v) is 13.6. The highest BCUT2D eigenvalue weighted by Gasteiger charge is 2.48. The predicted molar refractivity (Wildman–Crippen MR) is 87.9 cm³/mol. The first-order valence-corrected chi connectivity index (χ1v) is 8.56. The molecule has 4 rings (SSSR count). The van der Waals surface area contributed by atoms with Gasteiger partial charge in [-0.3, -0.25) is 4.79 Å². The lowest BCUT2D eigenvalue weighted by Crippen LogP contribution is -2.43. The molecule has 1 saturated carbocycles. The van der Waals surface area contributed by atoms with Gasteiger partial charge in [0.05, 0.1) is 7.11 Å². The summed E-state index contributed by atoms with van der Waals surface area (Å²) in [4.78, 5) is 12.5. The van der Waals surface area contributed by atoms with Gasteiger partial charge in [0.15, 0.2) is 0 Å². The second-order valence-corrected chi connectivity index (χ2v) is 7.31. The average molecular weight is 296 g/mol. The third kappa shape index (κ3) is 1.89. The Kier molecular flexibility index (Phi) is 3.18. The number of hydrogen-bond donors (Lipinski definition) is 0. The third-order valence-electron chi connectivity index (χ3n) is 6.31. The second-order valence-electron chi connectivity index (χ2n) is 7.31. The fourth-order valence-electron chi connectivity index (χ4n) is 4.99. The Morgan fingerprint density at radius 3 is 2.86 bits per heavy atom. The molecular weight excluding hydrogens is 272 g/mol. The van der Waals surface area contributed by atoms with Gasteiger partial charge in [-0.25, -0.2) is 0 Å². The molecule has 1 fully saturated rings. The van der Waals surface area contributed by atoms with Gasteiger partial charge in [0, 0.05) is 11.8 Å². The molecule has 0 bridgehead atoms. The minimum absolute atomic E-state index is 0.0823. The van der Waals surface area contributed by atoms with E-state index in [1.54, 1.807) is 18.3 Å². The van der Waals surface area contributed by atoms with Crippen molar-refractivity contribution in [3.8, 4) is 5.75 Å². The van der Waals surface area contributed by atoms with E-state index in [1.165, 1.54) is 17.5 Å². The average Bonchev–Trinajstić information content (AvgIpc) is 2.55. The van der Waals surface area contributed by atoms with Crippen LogP contribution in [0.15, 0.2) is 23.8 Å². The van der Waals surface area contributed by atoms with Crippen molar-refractivity contribution < 1.29 is 9.53 Å². The molecular formula is C20H24O2. The Labute approximate surface area is 132 Å². The molecule has 0 radical (unpaired) electrons. The maximum absolute atomic E-state index is 12.5. The topological polar surface area (TPSA) is 26.3 Å². The van der Waals surface area contributed by atoms with Crippen molar-refractivity contribution in [3.63, 3.8) is 0 Å². The van der Waals surface area contributed by atoms with Crippen molar-refractivity contribution in [3.05, 3.63) is 34.9 Å². The number of methoxy groups -OCH3 is 1. The minimum Gasteiger partial charge on any atom is -0.497 e. The van der Waals surface area contributed by atoms with Gasteiger partial charge >= 0.3 is 0 Å². The van der Waals surface area contributed by atoms with Crippen molar-refractivity contribution in [2.45, 2.75) is 51.9 Å². The third-order valence-corrected chi connectivity index (χ3v) is 6.31. The van der Waals surface area contributed by atoms with Crippen LogP contribution in [0.3, 0.4) is 0 Å². The smallest absolute Gasteiger partial charge is 0.139 e. The fraction of sp³-hybridized carbons (Fsp3) is 0.550. The van der Waals surface area contributed by atoms with E-state index in [2.05, 4.69) is 25.1 Å². The summed E-state index contributed by atoms with van der Waals surface area (Å²) in [6.07, 6.45) is 7.38. The maximum Gasteiger partial charge on any atom is 0.139 e. The molecule has 1 aromatic rings. The second kappa shape index (κ2) is 4.97. The number of ether oxygens (including phenoxy) is 1. The summed E-state index contributed by atoms with van der Waals surface area (Å²) in [5.41, 5.74) is 5.90. The van der Waals surface area contributed by atoms with E-state index in [4.69, 9.17) is 4.74 Å². The minimum atomic E-state index is -0.0823. The molecule has 0 saturated heterocycles. The van der Waals surface area contributed by atoms with Crippen LogP contribution in [-0.4, -0.2) is 12.9 Å². The molecule has 3 aliphatic rings. The highest BCUT2D eigenvalue weighted by atomic mass is 16.5. The summed E-state index contributed by atoms with van der Waals surface area (Å²) in [6, 6.07) is 6.50. The first kappa shape index (κ1) is 14.0. The number of carbonyl (C=O) groups is 1.